The fourth-order valence-electron chi connectivity index (χ4n) is 21.7. The van der Waals surface area contributed by atoms with Crippen LogP contribution in [0.5, 0.6) is 18.0 Å². The SMILES string of the molecule is [C-]#[N+]C[C@H]1CN(c2nc(OCC34CCCN3CCOC4)nc3c2CCN(c2cccc4ccc(F)c(Cl)c24)C3)CCN1C(=O)C(=C)F.[C-]#[N+]C[C@H]1CN(c2nc(OCCN3CC4CC[C@@H]3C4)nc3c2CCN(c2cccc4ccc(F)c(Cl)c24)C3)CCN1C(=O)C(=C)F.[C-]#[N+]C[C@H]1CN(c2nc(OC[C@H]3CN(C)CCO3)nc3c2CCN(c2cccc4ccc(F)c(Cl)c24)C3)CCN1C(=O)C(=C)F. The average Bonchev–Trinajstić information content (AvgIpc) is 0.899. The third-order valence-corrected chi connectivity index (χ3v) is 29.6. The summed E-state index contributed by atoms with van der Waals surface area (Å²) in [6.07, 6.45) is 7.52. The number of carbonyl (C=O) groups is 3. The molecule has 6 aromatic carbocycles. The lowest BCUT2D eigenvalue weighted by Gasteiger charge is -2.42. The molecular formula is C100H106Cl3F6N21O8. The Balaban J connectivity index is 0.000000137. The molecular weight excluding hydrogens is 1840 g/mol. The van der Waals surface area contributed by atoms with Gasteiger partial charge in [-0.15, -0.1) is 0 Å². The molecule has 0 radical (unpaired) electrons. The fraction of sp³-hybridized carbons (Fsp3) is 0.460. The van der Waals surface area contributed by atoms with E-state index in [1.165, 1.54) is 52.2 Å². The van der Waals surface area contributed by atoms with E-state index in [-0.39, 0.29) is 90.6 Å². The second kappa shape index (κ2) is 41.9. The van der Waals surface area contributed by atoms with E-state index in [9.17, 15) is 40.7 Å². The lowest BCUT2D eigenvalue weighted by atomic mass is 9.97. The Morgan fingerprint density at radius 2 is 0.920 bits per heavy atom. The number of amides is 3. The van der Waals surface area contributed by atoms with Crippen molar-refractivity contribution >= 4 is 119 Å². The first-order valence-electron chi connectivity index (χ1n) is 46.8. The maximum absolute atomic E-state index is 14.6. The van der Waals surface area contributed by atoms with Crippen molar-refractivity contribution in [3.63, 3.8) is 0 Å². The van der Waals surface area contributed by atoms with Crippen molar-refractivity contribution in [3.8, 4) is 18.0 Å². The third kappa shape index (κ3) is 20.1. The Labute approximate surface area is 811 Å². The summed E-state index contributed by atoms with van der Waals surface area (Å²) >= 11 is 19.5. The Morgan fingerprint density at radius 3 is 1.32 bits per heavy atom. The molecule has 138 heavy (non-hydrogen) atoms. The van der Waals surface area contributed by atoms with Crippen LogP contribution in [0.2, 0.25) is 15.1 Å². The van der Waals surface area contributed by atoms with Crippen LogP contribution in [-0.2, 0) is 62.8 Å². The highest BCUT2D eigenvalue weighted by molar-refractivity contribution is 6.38. The normalized spacial score (nSPS) is 22.1. The van der Waals surface area contributed by atoms with Gasteiger partial charge in [-0.05, 0) is 123 Å². The molecule has 7 atom stereocenters. The number of morpholine rings is 2. The molecule has 29 nitrogen and oxygen atoms in total. The van der Waals surface area contributed by atoms with Crippen LogP contribution in [0, 0.1) is 43.1 Å². The van der Waals surface area contributed by atoms with E-state index in [2.05, 4.69) is 73.5 Å². The van der Waals surface area contributed by atoms with Crippen LogP contribution in [0.15, 0.2) is 128 Å². The first-order valence-corrected chi connectivity index (χ1v) is 48.0. The minimum Gasteiger partial charge on any atom is -0.462 e. The van der Waals surface area contributed by atoms with Crippen molar-refractivity contribution in [1.29, 1.82) is 0 Å². The highest BCUT2D eigenvalue weighted by atomic mass is 35.5. The number of rotatable bonds is 22. The fourth-order valence-corrected chi connectivity index (χ4v) is 22.5. The van der Waals surface area contributed by atoms with Gasteiger partial charge in [-0.25, -0.2) is 46.1 Å². The molecule has 38 heteroatoms. The predicted octanol–water partition coefficient (Wildman–Crippen LogP) is 14.0. The van der Waals surface area contributed by atoms with Gasteiger partial charge in [0.2, 0.25) is 19.6 Å². The van der Waals surface area contributed by atoms with Crippen LogP contribution in [0.25, 0.3) is 46.9 Å². The van der Waals surface area contributed by atoms with Gasteiger partial charge in [0.15, 0.2) is 17.5 Å². The van der Waals surface area contributed by atoms with E-state index in [1.54, 1.807) is 18.2 Å². The van der Waals surface area contributed by atoms with Crippen molar-refractivity contribution in [2.24, 2.45) is 5.92 Å². The third-order valence-electron chi connectivity index (χ3n) is 28.5. The highest BCUT2D eigenvalue weighted by Gasteiger charge is 2.47. The van der Waals surface area contributed by atoms with Crippen molar-refractivity contribution in [2.75, 3.05) is 214 Å². The first-order chi connectivity index (χ1) is 66.8. The molecule has 13 heterocycles. The summed E-state index contributed by atoms with van der Waals surface area (Å²) in [5, 5.41) is 4.75. The lowest BCUT2D eigenvalue weighted by molar-refractivity contribution is -0.131. The number of aromatic nitrogens is 6. The Kier molecular flexibility index (Phi) is 29.2. The summed E-state index contributed by atoms with van der Waals surface area (Å²) in [6, 6.07) is 26.4. The maximum Gasteiger partial charge on any atom is 0.318 e. The lowest BCUT2D eigenvalue weighted by Crippen LogP contribution is -2.57. The molecule has 10 aliphatic heterocycles. The summed E-state index contributed by atoms with van der Waals surface area (Å²) in [4.78, 5) is 101. The van der Waals surface area contributed by atoms with Gasteiger partial charge in [-0.3, -0.25) is 24.2 Å². The van der Waals surface area contributed by atoms with Crippen molar-refractivity contribution < 1.29 is 64.4 Å². The van der Waals surface area contributed by atoms with E-state index in [0.717, 1.165) is 125 Å². The zero-order valence-electron chi connectivity index (χ0n) is 76.7. The number of fused-ring (bicyclic) bond motifs is 9. The van der Waals surface area contributed by atoms with Gasteiger partial charge in [0, 0.05) is 167 Å². The molecule has 1 saturated carbocycles. The number of piperidine rings is 1. The molecule has 3 aromatic heterocycles. The number of halogens is 9. The number of hydrogen-bond acceptors (Lipinski definition) is 23. The quantitative estimate of drug-likeness (QED) is 0.0349. The highest BCUT2D eigenvalue weighted by Crippen LogP contribution is 2.45. The Bertz CT molecular complexity index is 6360. The van der Waals surface area contributed by atoms with Crippen LogP contribution in [0.3, 0.4) is 0 Å². The first kappa shape index (κ1) is 96.2. The van der Waals surface area contributed by atoms with E-state index in [4.69, 9.17) is 108 Å². The minimum atomic E-state index is -1.04. The number of piperazine rings is 3. The second-order valence-corrected chi connectivity index (χ2v) is 38.1. The molecule has 9 aromatic rings. The van der Waals surface area contributed by atoms with Crippen molar-refractivity contribution in [1.82, 2.24) is 59.3 Å². The molecule has 722 valence electrons. The number of ether oxygens (including phenoxy) is 5. The topological polar surface area (TPSA) is 227 Å². The minimum absolute atomic E-state index is 0.0187. The van der Waals surface area contributed by atoms with E-state index < -0.39 is 70.8 Å². The predicted molar refractivity (Wildman–Crippen MR) is 516 cm³/mol. The molecule has 20 rings (SSSR count). The van der Waals surface area contributed by atoms with Gasteiger partial charge in [-0.2, -0.15) is 29.9 Å². The van der Waals surface area contributed by atoms with Gasteiger partial charge < -0.3 is 87.2 Å². The molecule has 8 fully saturated rings. The zero-order chi connectivity index (χ0) is 96.3. The van der Waals surface area contributed by atoms with Crippen LogP contribution >= 0.6 is 34.8 Å². The van der Waals surface area contributed by atoms with Crippen molar-refractivity contribution in [3.05, 3.63) is 229 Å². The summed E-state index contributed by atoms with van der Waals surface area (Å²) in [5.74, 6) is -4.03. The monoisotopic (exact) mass is 1950 g/mol. The molecule has 0 N–H and O–H groups in total. The molecule has 3 amide bonds. The van der Waals surface area contributed by atoms with E-state index >= 15 is 0 Å². The molecule has 7 saturated heterocycles. The smallest absolute Gasteiger partial charge is 0.318 e. The molecule has 2 unspecified atom stereocenters. The Hall–Kier alpha value is -12.1. The van der Waals surface area contributed by atoms with Gasteiger partial charge in [0.1, 0.15) is 79.0 Å². The molecule has 0 spiro atoms. The average molecular weight is 1950 g/mol. The summed E-state index contributed by atoms with van der Waals surface area (Å²) in [7, 11) is 2.03. The van der Waals surface area contributed by atoms with E-state index in [0.29, 0.717) is 170 Å². The second-order valence-electron chi connectivity index (χ2n) is 36.9. The molecule has 1 aliphatic carbocycles. The van der Waals surface area contributed by atoms with Crippen LogP contribution < -0.4 is 43.6 Å². The van der Waals surface area contributed by atoms with Gasteiger partial charge in [-0.1, -0.05) is 109 Å². The van der Waals surface area contributed by atoms with Crippen LogP contribution in [0.4, 0.5) is 60.9 Å². The summed E-state index contributed by atoms with van der Waals surface area (Å²) in [5.41, 5.74) is 7.40. The number of hydrogen-bond donors (Lipinski definition) is 0. The number of nitrogens with zero attached hydrogens (tertiary/aromatic N) is 21. The Morgan fingerprint density at radius 1 is 0.493 bits per heavy atom. The number of benzene rings is 6. The summed E-state index contributed by atoms with van der Waals surface area (Å²) < 4.78 is 116. The molecule has 11 aliphatic rings. The zero-order valence-corrected chi connectivity index (χ0v) is 78.9. The van der Waals surface area contributed by atoms with Crippen molar-refractivity contribution in [2.45, 2.75) is 107 Å². The molecule has 2 bridgehead atoms. The summed E-state index contributed by atoms with van der Waals surface area (Å²) in [6.45, 7) is 46.2. The maximum atomic E-state index is 14.6. The standard InChI is InChI=1S/C34H36ClF2N7O3.C34H36ClF2N7O2.C32H34ClF2N7O3/c1-22(36)32(45)44-14-13-42(18-24(44)17-38-2)31-25-9-12-41(28-6-3-5-23-7-8-26(37)30(35)29(23)28)19-27(25)39-33(40-31)47-21-34-10-4-11-43(34)15-16-46-20-34;1-21(36)33(45)44-13-12-43(19-25(44)17-38-2)32-26-10-11-42(29-5-3-4-23-7-9-27(37)31(35)30(23)29)20-28(26)39-34(40-32)46-15-14-41-18-22-6-8-24(41)16-22;1-20(34)31(43)42-12-11-41(16-22(42)15-36-2)30-24-9-10-40(27-6-4-5-21-7-8-25(35)29(33)28(21)27)18-26(24)37-32(38-30)45-19-23-17-39(3)13-14-44-23/h3,5-8,24H,1,4,9-21H2;3-5,7,9,22,24-25H,1,6,8,10-20H2;4-8,22-23H,1,9-19H2,3H3/t24-,34?;22?,24-,25+;22-,23+/m010/s1. The van der Waals surface area contributed by atoms with E-state index in [1.807, 2.05) is 66.5 Å². The number of likely N-dealkylation sites (N-methyl/N-ethyl adjacent to an activating group) is 1. The van der Waals surface area contributed by atoms with Gasteiger partial charge in [0.25, 0.3) is 17.7 Å². The largest absolute Gasteiger partial charge is 0.462 e. The van der Waals surface area contributed by atoms with Gasteiger partial charge in [0.05, 0.1) is 77.1 Å². The number of carbonyl (C=O) groups excluding carboxylic acids is 3. The number of anilines is 6. The number of likely N-dealkylation sites (tertiary alicyclic amines) is 1. The van der Waals surface area contributed by atoms with Crippen LogP contribution in [-0.4, -0.2) is 297 Å². The van der Waals surface area contributed by atoms with Crippen LogP contribution in [0.1, 0.15) is 65.9 Å². The van der Waals surface area contributed by atoms with Gasteiger partial charge >= 0.3 is 18.0 Å².